The molecule has 0 radical (unpaired) electrons. The van der Waals surface area contributed by atoms with Crippen molar-refractivity contribution in [2.75, 3.05) is 14.2 Å². The zero-order chi connectivity index (χ0) is 22.4. The number of hydrogen-bond donors (Lipinski definition) is 3. The monoisotopic (exact) mass is 441 g/mol. The smallest absolute Gasteiger partial charge is 0.342 e. The Bertz CT molecular complexity index is 1440. The lowest BCUT2D eigenvalue weighted by Gasteiger charge is -2.06. The van der Waals surface area contributed by atoms with Crippen molar-refractivity contribution in [3.05, 3.63) is 55.5 Å². The van der Waals surface area contributed by atoms with Crippen molar-refractivity contribution in [1.82, 2.24) is 14.5 Å². The molecule has 0 saturated carbocycles. The normalized spacial score (nSPS) is 11.1. The molecule has 0 unspecified atom stereocenters. The molecular formula is C21H19N3O6S. The number of methoxy groups -OCH3 is 2. The van der Waals surface area contributed by atoms with Crippen LogP contribution in [0.2, 0.25) is 0 Å². The van der Waals surface area contributed by atoms with E-state index in [1.807, 2.05) is 0 Å². The Labute approximate surface area is 179 Å². The van der Waals surface area contributed by atoms with E-state index in [9.17, 15) is 19.5 Å². The van der Waals surface area contributed by atoms with E-state index >= 15 is 0 Å². The standard InChI is InChI=1S/C21H19N3O6S/c1-9-12(20(27)30-4)16(25)17(31-9)13-14-18(24(2)21(28)23-19(14)26)22-15(13)10-5-7-11(29-3)8-6-10/h5-8,22,25H,1-4H3,(H,23,26,28). The summed E-state index contributed by atoms with van der Waals surface area (Å²) in [6.45, 7) is 1.68. The number of benzene rings is 1. The van der Waals surface area contributed by atoms with Gasteiger partial charge < -0.3 is 19.6 Å². The number of nitrogens with one attached hydrogen (secondary N) is 2. The molecule has 0 spiro atoms. The summed E-state index contributed by atoms with van der Waals surface area (Å²) in [6.07, 6.45) is 0. The van der Waals surface area contributed by atoms with Crippen molar-refractivity contribution >= 4 is 28.3 Å². The summed E-state index contributed by atoms with van der Waals surface area (Å²) in [5, 5.41) is 11.1. The van der Waals surface area contributed by atoms with Gasteiger partial charge in [0.2, 0.25) is 0 Å². The number of rotatable bonds is 4. The SMILES string of the molecule is COC(=O)c1c(C)sc(-c2c(-c3ccc(OC)cc3)[nH]c3c2c(=O)[nH]c(=O)n3C)c1O. The third-order valence-electron chi connectivity index (χ3n) is 5.12. The van der Waals surface area contributed by atoms with Gasteiger partial charge in [0.25, 0.3) is 5.56 Å². The second-order valence-electron chi connectivity index (χ2n) is 6.85. The molecule has 0 aliphatic carbocycles. The molecule has 0 aliphatic rings. The first-order valence-corrected chi connectivity index (χ1v) is 10.0. The van der Waals surface area contributed by atoms with Crippen LogP contribution in [0.1, 0.15) is 15.2 Å². The van der Waals surface area contributed by atoms with Gasteiger partial charge in [-0.25, -0.2) is 9.59 Å². The number of aromatic nitrogens is 3. The number of thiophene rings is 1. The van der Waals surface area contributed by atoms with Gasteiger partial charge in [-0.1, -0.05) is 0 Å². The minimum absolute atomic E-state index is 0.0405. The van der Waals surface area contributed by atoms with Crippen molar-refractivity contribution in [3.63, 3.8) is 0 Å². The molecule has 9 nitrogen and oxygen atoms in total. The van der Waals surface area contributed by atoms with E-state index in [2.05, 4.69) is 9.97 Å². The van der Waals surface area contributed by atoms with Crippen molar-refractivity contribution in [1.29, 1.82) is 0 Å². The van der Waals surface area contributed by atoms with Gasteiger partial charge in [-0.3, -0.25) is 14.3 Å². The van der Waals surface area contributed by atoms with Gasteiger partial charge in [-0.2, -0.15) is 0 Å². The molecule has 4 aromatic rings. The molecule has 0 aliphatic heterocycles. The maximum atomic E-state index is 12.8. The molecule has 3 aromatic heterocycles. The number of hydrogen-bond acceptors (Lipinski definition) is 7. The van der Waals surface area contributed by atoms with E-state index < -0.39 is 17.2 Å². The fourth-order valence-electron chi connectivity index (χ4n) is 3.55. The van der Waals surface area contributed by atoms with Crippen LogP contribution >= 0.6 is 11.3 Å². The van der Waals surface area contributed by atoms with Crippen LogP contribution < -0.4 is 16.0 Å². The number of fused-ring (bicyclic) bond motifs is 1. The molecule has 0 amide bonds. The van der Waals surface area contributed by atoms with Gasteiger partial charge in [0.05, 0.1) is 30.2 Å². The van der Waals surface area contributed by atoms with E-state index in [4.69, 9.17) is 9.47 Å². The summed E-state index contributed by atoms with van der Waals surface area (Å²) in [5.74, 6) is -0.308. The average molecular weight is 441 g/mol. The van der Waals surface area contributed by atoms with Crippen LogP contribution in [0.4, 0.5) is 0 Å². The van der Waals surface area contributed by atoms with E-state index in [1.165, 1.54) is 18.7 Å². The summed E-state index contributed by atoms with van der Waals surface area (Å²) in [6, 6.07) is 7.09. The van der Waals surface area contributed by atoms with Crippen LogP contribution in [-0.2, 0) is 11.8 Å². The highest BCUT2D eigenvalue weighted by Gasteiger charge is 2.28. The third kappa shape index (κ3) is 3.12. The maximum absolute atomic E-state index is 12.8. The minimum atomic E-state index is -0.676. The van der Waals surface area contributed by atoms with Crippen LogP contribution in [-0.4, -0.2) is 39.8 Å². The first kappa shape index (κ1) is 20.5. The van der Waals surface area contributed by atoms with Crippen molar-refractivity contribution < 1.29 is 19.4 Å². The third-order valence-corrected chi connectivity index (χ3v) is 6.23. The number of nitrogens with zero attached hydrogens (tertiary/aromatic N) is 1. The quantitative estimate of drug-likeness (QED) is 0.418. The Morgan fingerprint density at radius 3 is 2.42 bits per heavy atom. The molecule has 1 aromatic carbocycles. The van der Waals surface area contributed by atoms with Crippen LogP contribution in [0.25, 0.3) is 32.7 Å². The summed E-state index contributed by atoms with van der Waals surface area (Å²) in [7, 11) is 4.31. The molecule has 4 rings (SSSR count). The summed E-state index contributed by atoms with van der Waals surface area (Å²) in [4.78, 5) is 43.4. The molecule has 0 atom stereocenters. The molecule has 3 N–H and O–H groups in total. The molecule has 0 bridgehead atoms. The Balaban J connectivity index is 2.13. The van der Waals surface area contributed by atoms with E-state index in [1.54, 1.807) is 38.3 Å². The summed E-state index contributed by atoms with van der Waals surface area (Å²) >= 11 is 1.16. The highest BCUT2D eigenvalue weighted by molar-refractivity contribution is 7.16. The Morgan fingerprint density at radius 2 is 1.81 bits per heavy atom. The predicted octanol–water partition coefficient (Wildman–Crippen LogP) is 2.76. The number of ether oxygens (including phenoxy) is 2. The maximum Gasteiger partial charge on any atom is 0.342 e. The van der Waals surface area contributed by atoms with Crippen LogP contribution in [0, 0.1) is 6.92 Å². The van der Waals surface area contributed by atoms with Crippen LogP contribution in [0.3, 0.4) is 0 Å². The van der Waals surface area contributed by atoms with Gasteiger partial charge in [0.1, 0.15) is 22.7 Å². The minimum Gasteiger partial charge on any atom is -0.505 e. The summed E-state index contributed by atoms with van der Waals surface area (Å²) in [5.41, 5.74) is 0.750. The van der Waals surface area contributed by atoms with Crippen molar-refractivity contribution in [2.45, 2.75) is 6.92 Å². The highest BCUT2D eigenvalue weighted by atomic mass is 32.1. The number of aryl methyl sites for hydroxylation is 2. The summed E-state index contributed by atoms with van der Waals surface area (Å²) < 4.78 is 11.3. The van der Waals surface area contributed by atoms with E-state index in [0.717, 1.165) is 11.3 Å². The lowest BCUT2D eigenvalue weighted by molar-refractivity contribution is 0.0597. The number of carbonyl (C=O) groups excluding carboxylic acids is 1. The Hall–Kier alpha value is -3.79. The fourth-order valence-corrected chi connectivity index (χ4v) is 4.64. The topological polar surface area (TPSA) is 126 Å². The van der Waals surface area contributed by atoms with Gasteiger partial charge >= 0.3 is 11.7 Å². The second kappa shape index (κ2) is 7.47. The molecular weight excluding hydrogens is 422 g/mol. The second-order valence-corrected chi connectivity index (χ2v) is 8.07. The van der Waals surface area contributed by atoms with Gasteiger partial charge in [-0.15, -0.1) is 11.3 Å². The number of H-pyrrole nitrogens is 2. The molecule has 31 heavy (non-hydrogen) atoms. The highest BCUT2D eigenvalue weighted by Crippen LogP contribution is 2.47. The zero-order valence-corrected chi connectivity index (χ0v) is 18.0. The van der Waals surface area contributed by atoms with Gasteiger partial charge in [0, 0.05) is 17.5 Å². The first-order chi connectivity index (χ1) is 14.8. The zero-order valence-electron chi connectivity index (χ0n) is 17.2. The average Bonchev–Trinajstić information content (AvgIpc) is 3.29. The number of esters is 1. The largest absolute Gasteiger partial charge is 0.505 e. The first-order valence-electron chi connectivity index (χ1n) is 9.18. The van der Waals surface area contributed by atoms with Crippen LogP contribution in [0.15, 0.2) is 33.9 Å². The van der Waals surface area contributed by atoms with Gasteiger partial charge in [-0.05, 0) is 36.8 Å². The number of aromatic hydroxyl groups is 1. The van der Waals surface area contributed by atoms with Crippen molar-refractivity contribution in [3.8, 4) is 33.2 Å². The molecule has 0 fully saturated rings. The van der Waals surface area contributed by atoms with E-state index in [-0.39, 0.29) is 16.7 Å². The number of aromatic amines is 2. The van der Waals surface area contributed by atoms with E-state index in [0.29, 0.717) is 38.0 Å². The molecule has 160 valence electrons. The molecule has 3 heterocycles. The Morgan fingerprint density at radius 1 is 1.13 bits per heavy atom. The van der Waals surface area contributed by atoms with Gasteiger partial charge in [0.15, 0.2) is 0 Å². The molecule has 0 saturated heterocycles. The lowest BCUT2D eigenvalue weighted by Crippen LogP contribution is -2.28. The van der Waals surface area contributed by atoms with Crippen LogP contribution in [0.5, 0.6) is 11.5 Å². The lowest BCUT2D eigenvalue weighted by atomic mass is 10.0. The van der Waals surface area contributed by atoms with Crippen molar-refractivity contribution in [2.24, 2.45) is 7.05 Å². The number of carbonyl (C=O) groups is 1. The Kier molecular flexibility index (Phi) is 4.94. The predicted molar refractivity (Wildman–Crippen MR) is 117 cm³/mol. The molecule has 10 heteroatoms. The fraction of sp³-hybridized carbons (Fsp3) is 0.190.